The van der Waals surface area contributed by atoms with Crippen LogP contribution in [0.4, 0.5) is 0 Å². The summed E-state index contributed by atoms with van der Waals surface area (Å²) in [5.74, 6) is -0.0142. The van der Waals surface area contributed by atoms with Crippen LogP contribution in [0.3, 0.4) is 0 Å². The van der Waals surface area contributed by atoms with Crippen LogP contribution < -0.4 is 5.32 Å². The number of benzene rings is 2. The van der Waals surface area contributed by atoms with Gasteiger partial charge in [0.25, 0.3) is 5.91 Å². The molecule has 7 heteroatoms. The minimum atomic E-state index is -3.57. The van der Waals surface area contributed by atoms with Gasteiger partial charge in [0.2, 0.25) is 10.0 Å². The first kappa shape index (κ1) is 22.2. The van der Waals surface area contributed by atoms with Gasteiger partial charge in [0.15, 0.2) is 5.76 Å². The average molecular weight is 467 g/mol. The molecule has 0 radical (unpaired) electrons. The molecular formula is C26H30N2O4S. The summed E-state index contributed by atoms with van der Waals surface area (Å²) in [4.78, 5) is 13.4. The van der Waals surface area contributed by atoms with Gasteiger partial charge >= 0.3 is 0 Å². The summed E-state index contributed by atoms with van der Waals surface area (Å²) in [6.07, 6.45) is 6.85. The van der Waals surface area contributed by atoms with Crippen LogP contribution in [0, 0.1) is 6.92 Å². The number of furan rings is 1. The predicted molar refractivity (Wildman–Crippen MR) is 128 cm³/mol. The highest BCUT2D eigenvalue weighted by atomic mass is 32.2. The van der Waals surface area contributed by atoms with E-state index in [0.717, 1.165) is 50.5 Å². The van der Waals surface area contributed by atoms with Crippen molar-refractivity contribution in [1.82, 2.24) is 9.62 Å². The summed E-state index contributed by atoms with van der Waals surface area (Å²) in [7, 11) is -3.57. The first-order valence-electron chi connectivity index (χ1n) is 11.9. The van der Waals surface area contributed by atoms with Crippen molar-refractivity contribution in [3.63, 3.8) is 0 Å². The standard InChI is InChI=1S/C26H30N2O4S/c1-18-22-17-20(33(30,31)28-15-6-2-3-7-16-28)13-14-24(22)32-25(18)26(29)27-23-12-8-10-19-9-4-5-11-21(19)23/h4-5,9,11,13-14,17,23H,2-3,6-8,10,12,15-16H2,1H3,(H,27,29). The lowest BCUT2D eigenvalue weighted by Gasteiger charge is -2.26. The number of hydrogen-bond donors (Lipinski definition) is 1. The van der Waals surface area contributed by atoms with E-state index in [-0.39, 0.29) is 22.6 Å². The molecule has 1 aliphatic carbocycles. The van der Waals surface area contributed by atoms with Crippen molar-refractivity contribution >= 4 is 26.9 Å². The van der Waals surface area contributed by atoms with E-state index in [0.29, 0.717) is 29.6 Å². The molecule has 6 nitrogen and oxygen atoms in total. The zero-order valence-corrected chi connectivity index (χ0v) is 19.8. The molecular weight excluding hydrogens is 436 g/mol. The molecule has 3 aromatic rings. The van der Waals surface area contributed by atoms with Gasteiger partial charge in [-0.25, -0.2) is 8.42 Å². The molecule has 2 heterocycles. The van der Waals surface area contributed by atoms with Crippen LogP contribution in [0.25, 0.3) is 11.0 Å². The van der Waals surface area contributed by atoms with E-state index in [4.69, 9.17) is 4.42 Å². The van der Waals surface area contributed by atoms with Gasteiger partial charge in [-0.15, -0.1) is 0 Å². The van der Waals surface area contributed by atoms with Crippen molar-refractivity contribution in [1.29, 1.82) is 0 Å². The lowest BCUT2D eigenvalue weighted by molar-refractivity contribution is 0.0906. The second kappa shape index (κ2) is 8.95. The maximum atomic E-state index is 13.2. The molecule has 33 heavy (non-hydrogen) atoms. The minimum absolute atomic E-state index is 0.0472. The Labute approximate surface area is 195 Å². The van der Waals surface area contributed by atoms with Crippen LogP contribution in [0.1, 0.15) is 71.8 Å². The van der Waals surface area contributed by atoms with Crippen LogP contribution >= 0.6 is 0 Å². The fraction of sp³-hybridized carbons (Fsp3) is 0.423. The fourth-order valence-electron chi connectivity index (χ4n) is 5.14. The summed E-state index contributed by atoms with van der Waals surface area (Å²) in [6, 6.07) is 13.1. The molecule has 0 saturated carbocycles. The fourth-order valence-corrected chi connectivity index (χ4v) is 6.68. The number of nitrogens with zero attached hydrogens (tertiary/aromatic N) is 1. The SMILES string of the molecule is Cc1c(C(=O)NC2CCCc3ccccc32)oc2ccc(S(=O)(=O)N3CCCCCC3)cc12. The number of aryl methyl sites for hydroxylation is 2. The third-order valence-corrected chi connectivity index (χ3v) is 8.89. The first-order valence-corrected chi connectivity index (χ1v) is 13.3. The normalized spacial score (nSPS) is 19.7. The molecule has 2 aromatic carbocycles. The van der Waals surface area contributed by atoms with Gasteiger partial charge < -0.3 is 9.73 Å². The monoisotopic (exact) mass is 466 g/mol. The Balaban J connectivity index is 1.43. The highest BCUT2D eigenvalue weighted by molar-refractivity contribution is 7.89. The predicted octanol–water partition coefficient (Wildman–Crippen LogP) is 5.11. The zero-order valence-electron chi connectivity index (χ0n) is 19.0. The van der Waals surface area contributed by atoms with Gasteiger partial charge in [-0.05, 0) is 68.4 Å². The Morgan fingerprint density at radius 1 is 1.03 bits per heavy atom. The van der Waals surface area contributed by atoms with E-state index in [1.807, 2.05) is 19.1 Å². The maximum Gasteiger partial charge on any atom is 0.287 e. The van der Waals surface area contributed by atoms with Crippen LogP contribution in [0.15, 0.2) is 51.8 Å². The number of nitrogens with one attached hydrogen (secondary N) is 1. The van der Waals surface area contributed by atoms with Gasteiger partial charge in [0, 0.05) is 24.0 Å². The number of hydrogen-bond acceptors (Lipinski definition) is 4. The van der Waals surface area contributed by atoms with Crippen molar-refractivity contribution in [2.24, 2.45) is 0 Å². The van der Waals surface area contributed by atoms with Gasteiger partial charge in [0.05, 0.1) is 10.9 Å². The molecule has 0 bridgehead atoms. The van der Waals surface area contributed by atoms with Crippen LogP contribution in [-0.4, -0.2) is 31.7 Å². The number of carbonyl (C=O) groups is 1. The molecule has 1 fully saturated rings. The molecule has 1 unspecified atom stereocenters. The highest BCUT2D eigenvalue weighted by Crippen LogP contribution is 2.32. The molecule has 1 amide bonds. The van der Waals surface area contributed by atoms with Crippen LogP contribution in [0.2, 0.25) is 0 Å². The minimum Gasteiger partial charge on any atom is -0.451 e. The van der Waals surface area contributed by atoms with Crippen molar-refractivity contribution in [2.75, 3.05) is 13.1 Å². The summed E-state index contributed by atoms with van der Waals surface area (Å²) in [5.41, 5.74) is 3.63. The van der Waals surface area contributed by atoms with Crippen LogP contribution in [0.5, 0.6) is 0 Å². The Morgan fingerprint density at radius 2 is 1.79 bits per heavy atom. The molecule has 1 N–H and O–H groups in total. The third kappa shape index (κ3) is 4.20. The lowest BCUT2D eigenvalue weighted by Crippen LogP contribution is -2.31. The topological polar surface area (TPSA) is 79.6 Å². The Kier molecular flexibility index (Phi) is 6.01. The molecule has 174 valence electrons. The van der Waals surface area contributed by atoms with E-state index >= 15 is 0 Å². The molecule has 1 aromatic heterocycles. The molecule has 5 rings (SSSR count). The second-order valence-corrected chi connectivity index (χ2v) is 11.1. The smallest absolute Gasteiger partial charge is 0.287 e. The lowest BCUT2D eigenvalue weighted by atomic mass is 9.87. The Bertz CT molecular complexity index is 1290. The van der Waals surface area contributed by atoms with Gasteiger partial charge in [-0.2, -0.15) is 4.31 Å². The first-order chi connectivity index (χ1) is 15.9. The largest absolute Gasteiger partial charge is 0.451 e. The van der Waals surface area contributed by atoms with Gasteiger partial charge in [0.1, 0.15) is 5.58 Å². The molecule has 1 aliphatic heterocycles. The number of amides is 1. The second-order valence-electron chi connectivity index (χ2n) is 9.15. The van der Waals surface area contributed by atoms with Crippen molar-refractivity contribution in [3.8, 4) is 0 Å². The summed E-state index contributed by atoms with van der Waals surface area (Å²) >= 11 is 0. The molecule has 1 saturated heterocycles. The summed E-state index contributed by atoms with van der Waals surface area (Å²) in [6.45, 7) is 2.93. The molecule has 0 spiro atoms. The summed E-state index contributed by atoms with van der Waals surface area (Å²) in [5, 5.41) is 3.80. The average Bonchev–Trinajstić information content (AvgIpc) is 2.98. The number of sulfonamides is 1. The molecule has 1 atom stereocenters. The van der Waals surface area contributed by atoms with E-state index in [1.165, 1.54) is 5.56 Å². The van der Waals surface area contributed by atoms with Crippen molar-refractivity contribution in [3.05, 3.63) is 64.9 Å². The van der Waals surface area contributed by atoms with Gasteiger partial charge in [-0.1, -0.05) is 37.1 Å². The van der Waals surface area contributed by atoms with Crippen LogP contribution in [-0.2, 0) is 16.4 Å². The quantitative estimate of drug-likeness (QED) is 0.579. The van der Waals surface area contributed by atoms with E-state index in [9.17, 15) is 13.2 Å². The number of carbonyl (C=O) groups excluding carboxylic acids is 1. The Morgan fingerprint density at radius 3 is 2.58 bits per heavy atom. The van der Waals surface area contributed by atoms with E-state index < -0.39 is 10.0 Å². The molecule has 2 aliphatic rings. The summed E-state index contributed by atoms with van der Waals surface area (Å²) < 4.78 is 34.0. The van der Waals surface area contributed by atoms with Crippen molar-refractivity contribution in [2.45, 2.75) is 62.8 Å². The maximum absolute atomic E-state index is 13.2. The van der Waals surface area contributed by atoms with Crippen molar-refractivity contribution < 1.29 is 17.6 Å². The number of rotatable bonds is 4. The van der Waals surface area contributed by atoms with E-state index in [2.05, 4.69) is 17.4 Å². The highest BCUT2D eigenvalue weighted by Gasteiger charge is 2.28. The number of fused-ring (bicyclic) bond motifs is 2. The van der Waals surface area contributed by atoms with E-state index in [1.54, 1.807) is 22.5 Å². The Hall–Kier alpha value is -2.64. The van der Waals surface area contributed by atoms with Gasteiger partial charge in [-0.3, -0.25) is 4.79 Å². The third-order valence-electron chi connectivity index (χ3n) is 6.99. The zero-order chi connectivity index (χ0) is 23.0.